The van der Waals surface area contributed by atoms with Crippen molar-refractivity contribution in [3.63, 3.8) is 0 Å². The molecule has 1 aliphatic heterocycles. The van der Waals surface area contributed by atoms with Crippen molar-refractivity contribution in [3.05, 3.63) is 47.5 Å². The second-order valence-corrected chi connectivity index (χ2v) is 4.75. The van der Waals surface area contributed by atoms with Crippen LogP contribution in [0.2, 0.25) is 0 Å². The first-order valence-electron chi connectivity index (χ1n) is 6.65. The molecular formula is C16H15NO5. The Kier molecular flexibility index (Phi) is 3.50. The summed E-state index contributed by atoms with van der Waals surface area (Å²) < 4.78 is 15.8. The van der Waals surface area contributed by atoms with Gasteiger partial charge in [0.1, 0.15) is 11.3 Å². The largest absolute Gasteiger partial charge is 0.508 e. The van der Waals surface area contributed by atoms with Gasteiger partial charge >= 0.3 is 5.97 Å². The number of carbonyl (C=O) groups excluding carboxylic acids is 1. The molecule has 0 unspecified atom stereocenters. The van der Waals surface area contributed by atoms with Crippen LogP contribution in [0.15, 0.2) is 36.4 Å². The number of ether oxygens (including phenoxy) is 3. The predicted molar refractivity (Wildman–Crippen MR) is 79.4 cm³/mol. The molecule has 0 saturated heterocycles. The van der Waals surface area contributed by atoms with E-state index in [1.54, 1.807) is 36.4 Å². The Morgan fingerprint density at radius 2 is 2.00 bits per heavy atom. The zero-order valence-corrected chi connectivity index (χ0v) is 12.1. The Balaban J connectivity index is 1.98. The molecule has 22 heavy (non-hydrogen) atoms. The third kappa shape index (κ3) is 2.28. The van der Waals surface area contributed by atoms with Crippen molar-refractivity contribution in [2.24, 2.45) is 0 Å². The fourth-order valence-corrected chi connectivity index (χ4v) is 2.45. The van der Waals surface area contributed by atoms with Gasteiger partial charge in [0, 0.05) is 17.3 Å². The van der Waals surface area contributed by atoms with Gasteiger partial charge in [0.05, 0.1) is 14.2 Å². The van der Waals surface area contributed by atoms with Crippen molar-refractivity contribution in [1.82, 2.24) is 0 Å². The first kappa shape index (κ1) is 14.1. The average molecular weight is 301 g/mol. The molecule has 0 bridgehead atoms. The van der Waals surface area contributed by atoms with Crippen LogP contribution in [-0.2, 0) is 4.74 Å². The van der Waals surface area contributed by atoms with Gasteiger partial charge in [-0.2, -0.15) is 0 Å². The van der Waals surface area contributed by atoms with Crippen LogP contribution in [-0.4, -0.2) is 25.3 Å². The summed E-state index contributed by atoms with van der Waals surface area (Å²) in [6.45, 7) is 0. The minimum atomic E-state index is -0.649. The molecule has 6 heteroatoms. The maximum atomic E-state index is 12.1. The number of carbonyl (C=O) groups is 1. The summed E-state index contributed by atoms with van der Waals surface area (Å²) in [5, 5.41) is 12.6. The molecule has 1 atom stereocenters. The molecule has 2 aromatic carbocycles. The molecule has 0 radical (unpaired) electrons. The number of phenols is 1. The highest BCUT2D eigenvalue weighted by molar-refractivity contribution is 5.98. The van der Waals surface area contributed by atoms with Crippen LogP contribution in [0, 0.1) is 0 Å². The highest BCUT2D eigenvalue weighted by atomic mass is 16.6. The monoisotopic (exact) mass is 301 g/mol. The van der Waals surface area contributed by atoms with Gasteiger partial charge in [0.25, 0.3) is 0 Å². The normalized spacial score (nSPS) is 15.9. The van der Waals surface area contributed by atoms with E-state index in [0.717, 1.165) is 0 Å². The van der Waals surface area contributed by atoms with E-state index in [4.69, 9.17) is 14.2 Å². The number of phenolic OH excluding ortho intramolecular Hbond substituents is 1. The van der Waals surface area contributed by atoms with Crippen molar-refractivity contribution in [1.29, 1.82) is 0 Å². The number of cyclic esters (lactones) is 1. The van der Waals surface area contributed by atoms with E-state index in [2.05, 4.69) is 5.32 Å². The lowest BCUT2D eigenvalue weighted by Crippen LogP contribution is -2.10. The topological polar surface area (TPSA) is 77.0 Å². The third-order valence-electron chi connectivity index (χ3n) is 3.43. The summed E-state index contributed by atoms with van der Waals surface area (Å²) in [6, 6.07) is 10.1. The van der Waals surface area contributed by atoms with Crippen LogP contribution in [0.4, 0.5) is 5.69 Å². The Labute approximate surface area is 127 Å². The molecule has 0 fully saturated rings. The molecule has 1 heterocycles. The molecule has 0 aromatic heterocycles. The van der Waals surface area contributed by atoms with Crippen LogP contribution in [0.1, 0.15) is 22.1 Å². The van der Waals surface area contributed by atoms with Gasteiger partial charge < -0.3 is 24.6 Å². The number of rotatable bonds is 4. The molecule has 6 nitrogen and oxygen atoms in total. The van der Waals surface area contributed by atoms with E-state index in [0.29, 0.717) is 28.3 Å². The van der Waals surface area contributed by atoms with Crippen molar-refractivity contribution >= 4 is 11.7 Å². The van der Waals surface area contributed by atoms with Gasteiger partial charge in [-0.3, -0.25) is 0 Å². The molecule has 0 spiro atoms. The maximum Gasteiger partial charge on any atom is 0.344 e. The molecule has 1 aliphatic rings. The number of hydrogen-bond acceptors (Lipinski definition) is 6. The van der Waals surface area contributed by atoms with Gasteiger partial charge in [0.15, 0.2) is 11.5 Å². The predicted octanol–water partition coefficient (Wildman–Crippen LogP) is 2.69. The van der Waals surface area contributed by atoms with E-state index < -0.39 is 12.2 Å². The molecule has 0 aliphatic carbocycles. The van der Waals surface area contributed by atoms with Gasteiger partial charge in [-0.05, 0) is 24.3 Å². The molecule has 0 saturated carbocycles. The summed E-state index contributed by atoms with van der Waals surface area (Å²) in [7, 11) is 2.98. The Morgan fingerprint density at radius 3 is 2.68 bits per heavy atom. The van der Waals surface area contributed by atoms with Gasteiger partial charge in [0.2, 0.25) is 6.23 Å². The molecule has 114 valence electrons. The van der Waals surface area contributed by atoms with Crippen LogP contribution >= 0.6 is 0 Å². The standard InChI is InChI=1S/C16H15NO5/c1-20-12-7-6-11-13(14(12)21-2)16(19)22-15(11)17-9-4-3-5-10(18)8-9/h3-8,15,17-18H,1-2H3/t15-/m0/s1. The zero-order valence-electron chi connectivity index (χ0n) is 12.1. The average Bonchev–Trinajstić information content (AvgIpc) is 2.82. The van der Waals surface area contributed by atoms with Crippen molar-refractivity contribution in [2.75, 3.05) is 19.5 Å². The van der Waals surface area contributed by atoms with Gasteiger partial charge in [-0.1, -0.05) is 6.07 Å². The SMILES string of the molecule is COc1ccc2c(c1OC)C(=O)O[C@@H]2Nc1cccc(O)c1. The summed E-state index contributed by atoms with van der Waals surface area (Å²) in [5.74, 6) is 0.465. The van der Waals surface area contributed by atoms with Crippen molar-refractivity contribution in [2.45, 2.75) is 6.23 Å². The number of aromatic hydroxyl groups is 1. The quantitative estimate of drug-likeness (QED) is 0.846. The van der Waals surface area contributed by atoms with Gasteiger partial charge in [-0.25, -0.2) is 4.79 Å². The second-order valence-electron chi connectivity index (χ2n) is 4.75. The highest BCUT2D eigenvalue weighted by Crippen LogP contribution is 2.42. The van der Waals surface area contributed by atoms with E-state index in [1.165, 1.54) is 14.2 Å². The minimum absolute atomic E-state index is 0.127. The van der Waals surface area contributed by atoms with Crippen LogP contribution in [0.3, 0.4) is 0 Å². The molecule has 3 rings (SSSR count). The number of esters is 1. The lowest BCUT2D eigenvalue weighted by atomic mass is 10.1. The fourth-order valence-electron chi connectivity index (χ4n) is 2.45. The Hall–Kier alpha value is -2.89. The number of anilines is 1. The molecule has 2 N–H and O–H groups in total. The smallest absolute Gasteiger partial charge is 0.344 e. The zero-order chi connectivity index (χ0) is 15.7. The first-order chi connectivity index (χ1) is 10.6. The Morgan fingerprint density at radius 1 is 1.18 bits per heavy atom. The maximum absolute atomic E-state index is 12.1. The molecule has 0 amide bonds. The fraction of sp³-hybridized carbons (Fsp3) is 0.188. The summed E-state index contributed by atoms with van der Waals surface area (Å²) in [5.41, 5.74) is 1.64. The molecule has 2 aromatic rings. The number of hydrogen-bond donors (Lipinski definition) is 2. The number of methoxy groups -OCH3 is 2. The second kappa shape index (κ2) is 5.48. The Bertz CT molecular complexity index is 728. The summed E-state index contributed by atoms with van der Waals surface area (Å²) in [6.07, 6.45) is -0.649. The van der Waals surface area contributed by atoms with Crippen LogP contribution < -0.4 is 14.8 Å². The van der Waals surface area contributed by atoms with Gasteiger partial charge in [-0.15, -0.1) is 0 Å². The number of fused-ring (bicyclic) bond motifs is 1. The highest BCUT2D eigenvalue weighted by Gasteiger charge is 2.35. The first-order valence-corrected chi connectivity index (χ1v) is 6.65. The van der Waals surface area contributed by atoms with E-state index in [1.807, 2.05) is 0 Å². The minimum Gasteiger partial charge on any atom is -0.508 e. The summed E-state index contributed by atoms with van der Waals surface area (Å²) >= 11 is 0. The van der Waals surface area contributed by atoms with Crippen molar-refractivity contribution < 1.29 is 24.1 Å². The van der Waals surface area contributed by atoms with E-state index >= 15 is 0 Å². The third-order valence-corrected chi connectivity index (χ3v) is 3.43. The van der Waals surface area contributed by atoms with Crippen molar-refractivity contribution in [3.8, 4) is 17.2 Å². The molecular weight excluding hydrogens is 286 g/mol. The van der Waals surface area contributed by atoms with E-state index in [9.17, 15) is 9.90 Å². The summed E-state index contributed by atoms with van der Waals surface area (Å²) in [4.78, 5) is 12.1. The number of nitrogens with one attached hydrogen (secondary N) is 1. The van der Waals surface area contributed by atoms with E-state index in [-0.39, 0.29) is 5.75 Å². The van der Waals surface area contributed by atoms with Crippen LogP contribution in [0.25, 0.3) is 0 Å². The lowest BCUT2D eigenvalue weighted by molar-refractivity contribution is 0.0435. The lowest BCUT2D eigenvalue weighted by Gasteiger charge is -2.15. The van der Waals surface area contributed by atoms with Crippen LogP contribution in [0.5, 0.6) is 17.2 Å². The number of benzene rings is 2.